The van der Waals surface area contributed by atoms with Crippen LogP contribution < -0.4 is 0 Å². The molecule has 2 fully saturated rings. The van der Waals surface area contributed by atoms with Gasteiger partial charge < -0.3 is 9.47 Å². The van der Waals surface area contributed by atoms with Gasteiger partial charge in [0.1, 0.15) is 20.6 Å². The first-order valence-corrected chi connectivity index (χ1v) is 7.53. The monoisotopic (exact) mass is 290 g/mol. The molecule has 1 saturated heterocycles. The lowest BCUT2D eigenvalue weighted by atomic mass is 9.81. The summed E-state index contributed by atoms with van der Waals surface area (Å²) in [5, 5.41) is 0. The molecule has 112 valence electrons. The van der Waals surface area contributed by atoms with Gasteiger partial charge in [0.25, 0.3) is 0 Å². The van der Waals surface area contributed by atoms with E-state index in [1.54, 1.807) is 0 Å². The zero-order valence-corrected chi connectivity index (χ0v) is 12.4. The second-order valence-electron chi connectivity index (χ2n) is 6.30. The molecule has 1 aromatic rings. The molecule has 2 bridgehead atoms. The highest BCUT2D eigenvalue weighted by Crippen LogP contribution is 2.54. The van der Waals surface area contributed by atoms with Gasteiger partial charge in [0, 0.05) is 18.3 Å². The van der Waals surface area contributed by atoms with Gasteiger partial charge in [-0.15, -0.1) is 0 Å². The normalized spacial score (nSPS) is 37.6. The standard InChI is InChI=1S/C16H20BFO3/c1-10-14-12(18)7-16(10,21-15(14)17)8-13(19)20-9-11-5-3-2-4-6-11/h2-6,10,12,14-15H,7-9,17H2,1H3/t10?,12-,14+,15+,16+/m0/s1. The molecule has 1 saturated carbocycles. The lowest BCUT2D eigenvalue weighted by molar-refractivity contribution is -0.154. The van der Waals surface area contributed by atoms with Crippen LogP contribution in [0.4, 0.5) is 4.39 Å². The molecule has 0 radical (unpaired) electrons. The Balaban J connectivity index is 1.60. The highest BCUT2D eigenvalue weighted by Gasteiger charge is 2.61. The molecule has 21 heavy (non-hydrogen) atoms. The minimum atomic E-state index is -0.870. The Hall–Kier alpha value is -1.36. The molecule has 3 rings (SSSR count). The second-order valence-corrected chi connectivity index (χ2v) is 6.30. The number of halogens is 1. The fourth-order valence-electron chi connectivity index (χ4n) is 3.93. The highest BCUT2D eigenvalue weighted by molar-refractivity contribution is 6.11. The van der Waals surface area contributed by atoms with E-state index in [4.69, 9.17) is 9.47 Å². The maximum atomic E-state index is 14.0. The van der Waals surface area contributed by atoms with E-state index in [2.05, 4.69) is 0 Å². The number of hydrogen-bond donors (Lipinski definition) is 0. The molecule has 2 aliphatic rings. The topological polar surface area (TPSA) is 35.5 Å². The molecule has 1 unspecified atom stereocenters. The summed E-state index contributed by atoms with van der Waals surface area (Å²) in [5.74, 6) is -0.341. The van der Waals surface area contributed by atoms with E-state index in [1.807, 2.05) is 45.1 Å². The summed E-state index contributed by atoms with van der Waals surface area (Å²) in [5.41, 5.74) is 0.279. The van der Waals surface area contributed by atoms with Gasteiger partial charge in [-0.25, -0.2) is 4.39 Å². The van der Waals surface area contributed by atoms with Gasteiger partial charge in [-0.2, -0.15) is 0 Å². The van der Waals surface area contributed by atoms with Gasteiger partial charge in [-0.05, 0) is 11.5 Å². The molecule has 0 amide bonds. The predicted molar refractivity (Wildman–Crippen MR) is 79.2 cm³/mol. The largest absolute Gasteiger partial charge is 0.461 e. The van der Waals surface area contributed by atoms with Gasteiger partial charge in [0.2, 0.25) is 0 Å². The van der Waals surface area contributed by atoms with Crippen molar-refractivity contribution in [3.8, 4) is 0 Å². The van der Waals surface area contributed by atoms with E-state index in [0.717, 1.165) is 5.56 Å². The Kier molecular flexibility index (Phi) is 3.78. The number of fused-ring (bicyclic) bond motifs is 2. The minimum Gasteiger partial charge on any atom is -0.461 e. The van der Waals surface area contributed by atoms with Gasteiger partial charge in [-0.3, -0.25) is 4.79 Å². The summed E-state index contributed by atoms with van der Waals surface area (Å²) < 4.78 is 25.3. The predicted octanol–water partition coefficient (Wildman–Crippen LogP) is 1.84. The number of benzene rings is 1. The van der Waals surface area contributed by atoms with Gasteiger partial charge >= 0.3 is 5.97 Å². The molecule has 1 aliphatic carbocycles. The van der Waals surface area contributed by atoms with Crippen LogP contribution in [0.3, 0.4) is 0 Å². The third-order valence-corrected chi connectivity index (χ3v) is 5.01. The summed E-state index contributed by atoms with van der Waals surface area (Å²) >= 11 is 0. The van der Waals surface area contributed by atoms with Crippen LogP contribution in [-0.4, -0.2) is 31.6 Å². The van der Waals surface area contributed by atoms with Crippen molar-refractivity contribution in [1.82, 2.24) is 0 Å². The minimum absolute atomic E-state index is 0.0618. The van der Waals surface area contributed by atoms with Crippen LogP contribution in [0.1, 0.15) is 25.3 Å². The zero-order valence-electron chi connectivity index (χ0n) is 12.4. The number of ether oxygens (including phenoxy) is 2. The van der Waals surface area contributed by atoms with Crippen LogP contribution in [0.5, 0.6) is 0 Å². The average molecular weight is 290 g/mol. The van der Waals surface area contributed by atoms with E-state index >= 15 is 0 Å². The number of carbonyl (C=O) groups is 1. The zero-order chi connectivity index (χ0) is 15.0. The smallest absolute Gasteiger partial charge is 0.309 e. The van der Waals surface area contributed by atoms with E-state index in [1.165, 1.54) is 0 Å². The molecule has 5 heteroatoms. The van der Waals surface area contributed by atoms with Crippen molar-refractivity contribution in [3.05, 3.63) is 35.9 Å². The SMILES string of the molecule is B[C@@H]1O[C@@]2(CC(=O)OCc3ccccc3)C[C@H](F)[C@H]1C2C. The molecular weight excluding hydrogens is 270 g/mol. The lowest BCUT2D eigenvalue weighted by Gasteiger charge is -2.31. The summed E-state index contributed by atoms with van der Waals surface area (Å²) in [6.07, 6.45) is -0.419. The molecular formula is C16H20BFO3. The molecule has 5 atom stereocenters. The fraction of sp³-hybridized carbons (Fsp3) is 0.562. The quantitative estimate of drug-likeness (QED) is 0.627. The third-order valence-electron chi connectivity index (χ3n) is 5.01. The van der Waals surface area contributed by atoms with E-state index in [-0.39, 0.29) is 36.8 Å². The van der Waals surface area contributed by atoms with Crippen LogP contribution in [0.15, 0.2) is 30.3 Å². The van der Waals surface area contributed by atoms with Crippen molar-refractivity contribution in [2.45, 2.75) is 44.1 Å². The third kappa shape index (κ3) is 2.59. The van der Waals surface area contributed by atoms with Crippen LogP contribution in [0.2, 0.25) is 0 Å². The molecule has 0 N–H and O–H groups in total. The maximum absolute atomic E-state index is 14.0. The van der Waals surface area contributed by atoms with Crippen LogP contribution in [0.25, 0.3) is 0 Å². The van der Waals surface area contributed by atoms with Crippen LogP contribution >= 0.6 is 0 Å². The Morgan fingerprint density at radius 3 is 2.81 bits per heavy atom. The van der Waals surface area contributed by atoms with Gasteiger partial charge in [0.05, 0.1) is 12.0 Å². The van der Waals surface area contributed by atoms with Crippen molar-refractivity contribution in [1.29, 1.82) is 0 Å². The summed E-state index contributed by atoms with van der Waals surface area (Å²) in [6.45, 7) is 2.24. The van der Waals surface area contributed by atoms with Gasteiger partial charge in [-0.1, -0.05) is 37.3 Å². The van der Waals surface area contributed by atoms with Crippen molar-refractivity contribution in [3.63, 3.8) is 0 Å². The molecule has 0 aromatic heterocycles. The van der Waals surface area contributed by atoms with E-state index in [0.29, 0.717) is 6.42 Å². The Morgan fingerprint density at radius 2 is 2.19 bits per heavy atom. The number of carbonyl (C=O) groups excluding carboxylic acids is 1. The van der Waals surface area contributed by atoms with Crippen molar-refractivity contribution in [2.24, 2.45) is 11.8 Å². The van der Waals surface area contributed by atoms with Gasteiger partial charge in [0.15, 0.2) is 0 Å². The molecule has 1 heterocycles. The van der Waals surface area contributed by atoms with Crippen LogP contribution in [0, 0.1) is 11.8 Å². The number of alkyl halides is 1. The average Bonchev–Trinajstić information content (AvgIpc) is 2.82. The molecule has 0 spiro atoms. The number of hydrogen-bond acceptors (Lipinski definition) is 3. The van der Waals surface area contributed by atoms with E-state index in [9.17, 15) is 9.18 Å². The second kappa shape index (κ2) is 5.45. The number of rotatable bonds is 4. The Morgan fingerprint density at radius 1 is 1.48 bits per heavy atom. The summed E-state index contributed by atoms with van der Waals surface area (Å²) in [4.78, 5) is 12.1. The van der Waals surface area contributed by atoms with Crippen molar-refractivity contribution < 1.29 is 18.7 Å². The fourth-order valence-corrected chi connectivity index (χ4v) is 3.93. The first-order chi connectivity index (χ1) is 10.0. The number of esters is 1. The molecule has 3 nitrogen and oxygen atoms in total. The van der Waals surface area contributed by atoms with Crippen molar-refractivity contribution >= 4 is 13.8 Å². The van der Waals surface area contributed by atoms with E-state index < -0.39 is 11.8 Å². The Bertz CT molecular complexity index is 510. The Labute approximate surface area is 125 Å². The lowest BCUT2D eigenvalue weighted by Crippen LogP contribution is -2.39. The highest BCUT2D eigenvalue weighted by atomic mass is 19.1. The maximum Gasteiger partial charge on any atom is 0.309 e. The first kappa shape index (κ1) is 14.6. The van der Waals surface area contributed by atoms with Crippen LogP contribution in [-0.2, 0) is 20.9 Å². The molecule has 1 aromatic carbocycles. The molecule has 1 aliphatic heterocycles. The van der Waals surface area contributed by atoms with Crippen molar-refractivity contribution in [2.75, 3.05) is 0 Å². The first-order valence-electron chi connectivity index (χ1n) is 7.53. The summed E-state index contributed by atoms with van der Waals surface area (Å²) in [6, 6.07) is 9.42. The summed E-state index contributed by atoms with van der Waals surface area (Å²) in [7, 11) is 1.89.